The van der Waals surface area contributed by atoms with Gasteiger partial charge in [-0.05, 0) is 139 Å². The van der Waals surface area contributed by atoms with Crippen LogP contribution in [0.1, 0.15) is 182 Å². The molecular formula is C72H130N12O13S. The van der Waals surface area contributed by atoms with Crippen molar-refractivity contribution in [3.63, 3.8) is 0 Å². The SMILES string of the molecule is C/C=C/C[C@@H](C)[C@@H](O)[C@H]1C(=O)N[C@@H](CC)C(=O)N(C)[C@H](SCCCN2CCCC2)C(=O)N(C)[C@@H](COCC(CC)CC)C(=O)N[C@@H](C(C)C)C(=O)N(C)[C@@H](CC(C)C)C(=O)N[C@@H](C)C(=O)N[C@H](C)C(=O)N(C)[C@@H](CC(C)C)C(=O)N(C)[C@@H](CC(C)C)C(=O)N(C)[C@@H](C(C)C)C(=O)N1C. The normalized spacial score (nSPS) is 26.7. The van der Waals surface area contributed by atoms with Crippen LogP contribution in [-0.4, -0.2) is 269 Å². The van der Waals surface area contributed by atoms with Gasteiger partial charge in [-0.2, -0.15) is 0 Å². The first-order valence-corrected chi connectivity index (χ1v) is 37.1. The van der Waals surface area contributed by atoms with Crippen LogP contribution >= 0.6 is 11.8 Å². The molecule has 0 aromatic heterocycles. The largest absolute Gasteiger partial charge is 0.390 e. The number of hydrogen-bond acceptors (Lipinski definition) is 15. The summed E-state index contributed by atoms with van der Waals surface area (Å²) in [6.45, 7) is 32.9. The highest BCUT2D eigenvalue weighted by Crippen LogP contribution is 2.27. The third-order valence-corrected chi connectivity index (χ3v) is 20.7. The summed E-state index contributed by atoms with van der Waals surface area (Å²) in [5.74, 6) is -9.33. The summed E-state index contributed by atoms with van der Waals surface area (Å²) in [5.41, 5.74) is 0. The Hall–Kier alpha value is -5.86. The van der Waals surface area contributed by atoms with Gasteiger partial charge in [-0.25, -0.2) is 0 Å². The molecule has 2 aliphatic heterocycles. The number of nitrogens with zero attached hydrogens (tertiary/aromatic N) is 8. The molecule has 2 aliphatic rings. The van der Waals surface area contributed by atoms with Crippen LogP contribution in [-0.2, 0) is 57.5 Å². The van der Waals surface area contributed by atoms with Gasteiger partial charge in [0.1, 0.15) is 60.4 Å². The summed E-state index contributed by atoms with van der Waals surface area (Å²) in [6, 6.07) is -12.9. The van der Waals surface area contributed by atoms with Crippen molar-refractivity contribution in [2.75, 3.05) is 87.9 Å². The molecule has 26 heteroatoms. The number of likely N-dealkylation sites (tertiary alicyclic amines) is 1. The number of thioether (sulfide) groups is 1. The first-order chi connectivity index (χ1) is 45.8. The summed E-state index contributed by atoms with van der Waals surface area (Å²) < 4.78 is 6.29. The highest BCUT2D eigenvalue weighted by molar-refractivity contribution is 8.00. The van der Waals surface area contributed by atoms with Crippen molar-refractivity contribution < 1.29 is 62.6 Å². The second-order valence-corrected chi connectivity index (χ2v) is 30.7. The molecule has 0 saturated carbocycles. The van der Waals surface area contributed by atoms with Crippen LogP contribution in [0, 0.1) is 41.4 Å². The van der Waals surface area contributed by atoms with E-state index in [-0.39, 0.29) is 62.6 Å². The van der Waals surface area contributed by atoms with E-state index in [2.05, 4.69) is 26.2 Å². The average Bonchev–Trinajstić information content (AvgIpc) is 0.878. The molecule has 2 heterocycles. The van der Waals surface area contributed by atoms with E-state index in [0.717, 1.165) is 50.2 Å². The fourth-order valence-electron chi connectivity index (χ4n) is 12.7. The first-order valence-electron chi connectivity index (χ1n) is 36.1. The molecule has 2 fully saturated rings. The van der Waals surface area contributed by atoms with E-state index in [1.165, 1.54) is 104 Å². The number of hydrogen-bond donors (Lipinski definition) is 5. The molecule has 13 atom stereocenters. The van der Waals surface area contributed by atoms with Gasteiger partial charge in [-0.3, -0.25) is 52.7 Å². The molecule has 2 rings (SSSR count). The first kappa shape index (κ1) is 88.2. The summed E-state index contributed by atoms with van der Waals surface area (Å²) in [6.07, 6.45) is 7.17. The lowest BCUT2D eigenvalue weighted by Gasteiger charge is -2.41. The van der Waals surface area contributed by atoms with Crippen molar-refractivity contribution in [3.8, 4) is 0 Å². The number of carbonyl (C=O) groups is 11. The number of likely N-dealkylation sites (N-methyl/N-ethyl adjacent to an activating group) is 7. The quantitative estimate of drug-likeness (QED) is 0.0612. The van der Waals surface area contributed by atoms with Crippen LogP contribution < -0.4 is 21.3 Å². The second-order valence-electron chi connectivity index (χ2n) is 29.5. The minimum atomic E-state index is -1.64. The van der Waals surface area contributed by atoms with Crippen molar-refractivity contribution in [3.05, 3.63) is 12.2 Å². The van der Waals surface area contributed by atoms with E-state index < -0.39 is 155 Å². The Morgan fingerprint density at radius 1 is 0.520 bits per heavy atom. The highest BCUT2D eigenvalue weighted by atomic mass is 32.2. The van der Waals surface area contributed by atoms with E-state index in [9.17, 15) is 24.3 Å². The standard InChI is InChI=1S/C72H130N12O13S/c1-25-29-33-48(15)60(85)59-64(89)75-52(28-4)66(91)83(24)72(98-37-32-36-84-34-30-31-35-84)71(96)80(21)56(42-97-41-51(26-2)27-3)63(88)76-57(46(11)12)69(94)77(18)53(38-43(5)6)62(87)73-49(16)61(86)74-50(17)65(90)78(19)54(39-44(7)8)67(92)79(20)55(40-45(9)10)68(93)81(22)58(47(13)14)70(95)82(59)23/h25,29,43-60,72,85H,26-28,30-42H2,1-24H3,(H,73,87)(H,74,86)(H,75,89)(H,76,88)/b29-25+/t48-,49+,50-,52+,53+,54+,55+,56+,57+,58+,59+,60-,72-/m1/s1. The molecule has 0 aromatic rings. The Bertz CT molecular complexity index is 2640. The van der Waals surface area contributed by atoms with Crippen LogP contribution in [0.5, 0.6) is 0 Å². The van der Waals surface area contributed by atoms with Crippen LogP contribution in [0.15, 0.2) is 12.2 Å². The van der Waals surface area contributed by atoms with E-state index >= 15 is 33.6 Å². The Balaban J connectivity index is 3.14. The smallest absolute Gasteiger partial charge is 0.256 e. The minimum absolute atomic E-state index is 0.00207. The molecule has 0 unspecified atom stereocenters. The van der Waals surface area contributed by atoms with Gasteiger partial charge in [0, 0.05) is 55.9 Å². The van der Waals surface area contributed by atoms with Gasteiger partial charge < -0.3 is 70.3 Å². The van der Waals surface area contributed by atoms with E-state index in [1.807, 2.05) is 68.4 Å². The molecule has 0 aliphatic carbocycles. The van der Waals surface area contributed by atoms with Gasteiger partial charge >= 0.3 is 0 Å². The van der Waals surface area contributed by atoms with Crippen LogP contribution in [0.3, 0.4) is 0 Å². The number of ether oxygens (including phenoxy) is 1. The monoisotopic (exact) mass is 1400 g/mol. The molecule has 2 saturated heterocycles. The van der Waals surface area contributed by atoms with Gasteiger partial charge in [-0.1, -0.05) is 122 Å². The number of carbonyl (C=O) groups excluding carboxylic acids is 11. The predicted octanol–water partition coefficient (Wildman–Crippen LogP) is 5.22. The number of amides is 11. The van der Waals surface area contributed by atoms with Crippen molar-refractivity contribution in [1.29, 1.82) is 0 Å². The number of aliphatic hydroxyl groups is 1. The summed E-state index contributed by atoms with van der Waals surface area (Å²) in [7, 11) is 10.1. The fraction of sp³-hybridized carbons (Fsp3) is 0.819. The average molecular weight is 1400 g/mol. The molecule has 11 amide bonds. The van der Waals surface area contributed by atoms with Gasteiger partial charge in [0.15, 0.2) is 5.37 Å². The molecular weight excluding hydrogens is 1270 g/mol. The Morgan fingerprint density at radius 2 is 1.00 bits per heavy atom. The third-order valence-electron chi connectivity index (χ3n) is 19.4. The molecule has 0 spiro atoms. The Kier molecular flexibility index (Phi) is 38.2. The maximum Gasteiger partial charge on any atom is 0.256 e. The predicted molar refractivity (Wildman–Crippen MR) is 386 cm³/mol. The highest BCUT2D eigenvalue weighted by Gasteiger charge is 2.47. The van der Waals surface area contributed by atoms with E-state index in [0.29, 0.717) is 18.6 Å². The lowest BCUT2D eigenvalue weighted by atomic mass is 9.91. The number of allylic oxidation sites excluding steroid dienone is 2. The maximum atomic E-state index is 15.5. The summed E-state index contributed by atoms with van der Waals surface area (Å²) in [5, 5.41) is 22.3. The van der Waals surface area contributed by atoms with Crippen LogP contribution in [0.25, 0.3) is 0 Å². The number of nitrogens with one attached hydrogen (secondary N) is 4. The van der Waals surface area contributed by atoms with Crippen LogP contribution in [0.2, 0.25) is 0 Å². The molecule has 0 bridgehead atoms. The maximum absolute atomic E-state index is 15.5. The van der Waals surface area contributed by atoms with E-state index in [1.54, 1.807) is 47.6 Å². The minimum Gasteiger partial charge on any atom is -0.390 e. The second kappa shape index (κ2) is 42.4. The Labute approximate surface area is 592 Å². The molecule has 0 aromatic carbocycles. The molecule has 562 valence electrons. The molecule has 0 radical (unpaired) electrons. The zero-order chi connectivity index (χ0) is 74.9. The fourth-order valence-corrected chi connectivity index (χ4v) is 13.9. The third kappa shape index (κ3) is 25.3. The van der Waals surface area contributed by atoms with Crippen molar-refractivity contribution in [2.45, 2.75) is 254 Å². The van der Waals surface area contributed by atoms with Crippen LogP contribution in [0.4, 0.5) is 0 Å². The van der Waals surface area contributed by atoms with E-state index in [4.69, 9.17) is 4.74 Å². The summed E-state index contributed by atoms with van der Waals surface area (Å²) >= 11 is 1.20. The zero-order valence-corrected chi connectivity index (χ0v) is 65.1. The lowest BCUT2D eigenvalue weighted by Crippen LogP contribution is -2.64. The zero-order valence-electron chi connectivity index (χ0n) is 64.3. The van der Waals surface area contributed by atoms with Gasteiger partial charge in [0.05, 0.1) is 12.7 Å². The number of aliphatic hydroxyl groups excluding tert-OH is 1. The number of rotatable bonds is 24. The van der Waals surface area contributed by atoms with Crippen molar-refractivity contribution >= 4 is 76.7 Å². The van der Waals surface area contributed by atoms with Crippen molar-refractivity contribution in [2.24, 2.45) is 41.4 Å². The molecule has 25 nitrogen and oxygen atoms in total. The van der Waals surface area contributed by atoms with Gasteiger partial charge in [-0.15, -0.1) is 11.8 Å². The molecule has 98 heavy (non-hydrogen) atoms. The van der Waals surface area contributed by atoms with Crippen molar-refractivity contribution in [1.82, 2.24) is 60.5 Å². The summed E-state index contributed by atoms with van der Waals surface area (Å²) in [4.78, 5) is 176. The Morgan fingerprint density at radius 3 is 1.50 bits per heavy atom. The lowest BCUT2D eigenvalue weighted by molar-refractivity contribution is -0.157. The molecule has 5 N–H and O–H groups in total. The topological polar surface area (TPSA) is 291 Å². The van der Waals surface area contributed by atoms with Gasteiger partial charge in [0.25, 0.3) is 5.91 Å². The van der Waals surface area contributed by atoms with Gasteiger partial charge in [0.2, 0.25) is 59.1 Å².